The summed E-state index contributed by atoms with van der Waals surface area (Å²) in [6.07, 6.45) is 6.66. The SMILES string of the molecule is CCC(=O)N(C)CC.OC1CCNCC12CCCC2.c1ccccc1. The number of nitrogens with one attached hydrogen (secondary N) is 1. The second-order valence-electron chi connectivity index (χ2n) is 6.97. The lowest BCUT2D eigenvalue weighted by Gasteiger charge is -2.38. The van der Waals surface area contributed by atoms with Crippen molar-refractivity contribution < 1.29 is 9.90 Å². The number of carbonyl (C=O) groups excluding carboxylic acids is 1. The van der Waals surface area contributed by atoms with Crippen LogP contribution in [0.25, 0.3) is 0 Å². The molecule has 1 aromatic rings. The molecule has 1 saturated heterocycles. The first-order valence-electron chi connectivity index (χ1n) is 9.68. The quantitative estimate of drug-likeness (QED) is 0.860. The molecule has 1 aliphatic heterocycles. The molecular weight excluding hydrogens is 312 g/mol. The predicted molar refractivity (Wildman–Crippen MR) is 104 cm³/mol. The smallest absolute Gasteiger partial charge is 0.222 e. The molecule has 1 heterocycles. The summed E-state index contributed by atoms with van der Waals surface area (Å²) < 4.78 is 0. The van der Waals surface area contributed by atoms with Gasteiger partial charge in [-0.3, -0.25) is 4.79 Å². The lowest BCUT2D eigenvalue weighted by molar-refractivity contribution is -0.129. The third kappa shape index (κ3) is 7.57. The van der Waals surface area contributed by atoms with E-state index in [-0.39, 0.29) is 17.4 Å². The predicted octanol–water partition coefficient (Wildman–Crippen LogP) is 3.46. The van der Waals surface area contributed by atoms with E-state index >= 15 is 0 Å². The van der Waals surface area contributed by atoms with E-state index in [0.29, 0.717) is 6.42 Å². The van der Waals surface area contributed by atoms with Gasteiger partial charge in [0.25, 0.3) is 0 Å². The molecule has 1 aromatic carbocycles. The highest BCUT2D eigenvalue weighted by Gasteiger charge is 2.41. The van der Waals surface area contributed by atoms with Crippen LogP contribution in [-0.2, 0) is 4.79 Å². The highest BCUT2D eigenvalue weighted by atomic mass is 16.3. The van der Waals surface area contributed by atoms with Crippen LogP contribution in [0.5, 0.6) is 0 Å². The third-order valence-electron chi connectivity index (χ3n) is 5.25. The van der Waals surface area contributed by atoms with Crippen molar-refractivity contribution in [3.05, 3.63) is 36.4 Å². The van der Waals surface area contributed by atoms with Crippen molar-refractivity contribution in [3.8, 4) is 0 Å². The van der Waals surface area contributed by atoms with E-state index in [1.54, 1.807) is 4.90 Å². The normalized spacial score (nSPS) is 20.7. The van der Waals surface area contributed by atoms with Crippen LogP contribution in [0.2, 0.25) is 0 Å². The molecule has 1 amide bonds. The molecule has 3 rings (SSSR count). The number of nitrogens with zero attached hydrogens (tertiary/aromatic N) is 1. The van der Waals surface area contributed by atoms with E-state index in [0.717, 1.165) is 26.1 Å². The van der Waals surface area contributed by atoms with Gasteiger partial charge in [-0.1, -0.05) is 56.2 Å². The van der Waals surface area contributed by atoms with Crippen molar-refractivity contribution in [3.63, 3.8) is 0 Å². The van der Waals surface area contributed by atoms with Gasteiger partial charge in [0, 0.05) is 32.0 Å². The Hall–Kier alpha value is -1.39. The molecule has 1 spiro atoms. The zero-order valence-electron chi connectivity index (χ0n) is 16.2. The van der Waals surface area contributed by atoms with Gasteiger partial charge in [0.15, 0.2) is 0 Å². The Labute approximate surface area is 153 Å². The Morgan fingerprint density at radius 2 is 1.64 bits per heavy atom. The van der Waals surface area contributed by atoms with Gasteiger partial charge in [0.05, 0.1) is 6.10 Å². The molecule has 1 unspecified atom stereocenters. The zero-order chi connectivity index (χ0) is 18.5. The monoisotopic (exact) mass is 348 g/mol. The Balaban J connectivity index is 0.000000198. The van der Waals surface area contributed by atoms with Gasteiger partial charge in [-0.25, -0.2) is 0 Å². The van der Waals surface area contributed by atoms with E-state index in [1.165, 1.54) is 25.7 Å². The van der Waals surface area contributed by atoms with Crippen molar-refractivity contribution in [1.29, 1.82) is 0 Å². The Bertz CT molecular complexity index is 432. The summed E-state index contributed by atoms with van der Waals surface area (Å²) in [4.78, 5) is 12.4. The van der Waals surface area contributed by atoms with Crippen molar-refractivity contribution in [2.45, 2.75) is 58.5 Å². The molecule has 1 aliphatic carbocycles. The number of aliphatic hydroxyl groups excluding tert-OH is 1. The van der Waals surface area contributed by atoms with Crippen LogP contribution in [0.1, 0.15) is 52.4 Å². The maximum absolute atomic E-state index is 10.7. The summed E-state index contributed by atoms with van der Waals surface area (Å²) in [5.74, 6) is 0.215. The first-order valence-corrected chi connectivity index (χ1v) is 9.68. The largest absolute Gasteiger partial charge is 0.392 e. The zero-order valence-corrected chi connectivity index (χ0v) is 16.2. The van der Waals surface area contributed by atoms with E-state index in [9.17, 15) is 9.90 Å². The minimum atomic E-state index is -0.0220. The molecule has 2 fully saturated rings. The molecule has 4 nitrogen and oxygen atoms in total. The molecule has 1 saturated carbocycles. The molecular formula is C21H36N2O2. The molecule has 1 atom stereocenters. The van der Waals surface area contributed by atoms with Crippen molar-refractivity contribution >= 4 is 5.91 Å². The van der Waals surface area contributed by atoms with Crippen LogP contribution in [0, 0.1) is 5.41 Å². The fourth-order valence-corrected chi connectivity index (χ4v) is 3.42. The van der Waals surface area contributed by atoms with Gasteiger partial charge >= 0.3 is 0 Å². The van der Waals surface area contributed by atoms with Gasteiger partial charge < -0.3 is 15.3 Å². The number of benzene rings is 1. The van der Waals surface area contributed by atoms with Gasteiger partial charge in [-0.05, 0) is 32.7 Å². The first kappa shape index (κ1) is 21.7. The van der Waals surface area contributed by atoms with Gasteiger partial charge in [-0.2, -0.15) is 0 Å². The van der Waals surface area contributed by atoms with E-state index in [2.05, 4.69) is 5.32 Å². The average molecular weight is 349 g/mol. The maximum Gasteiger partial charge on any atom is 0.222 e. The summed E-state index contributed by atoms with van der Waals surface area (Å²) in [6, 6.07) is 12.0. The van der Waals surface area contributed by atoms with Crippen LogP contribution < -0.4 is 5.32 Å². The second-order valence-corrected chi connectivity index (χ2v) is 6.97. The van der Waals surface area contributed by atoms with E-state index < -0.39 is 0 Å². The molecule has 25 heavy (non-hydrogen) atoms. The summed E-state index contributed by atoms with van der Waals surface area (Å²) in [7, 11) is 1.81. The number of piperidine rings is 1. The molecule has 0 radical (unpaired) electrons. The maximum atomic E-state index is 10.7. The Morgan fingerprint density at radius 3 is 2.00 bits per heavy atom. The van der Waals surface area contributed by atoms with E-state index in [4.69, 9.17) is 0 Å². The van der Waals surface area contributed by atoms with E-state index in [1.807, 2.05) is 57.3 Å². The molecule has 0 aromatic heterocycles. The second kappa shape index (κ2) is 12.0. The van der Waals surface area contributed by atoms with Crippen molar-refractivity contribution in [2.75, 3.05) is 26.7 Å². The van der Waals surface area contributed by atoms with Crippen molar-refractivity contribution in [1.82, 2.24) is 10.2 Å². The number of hydrogen-bond acceptors (Lipinski definition) is 3. The van der Waals surface area contributed by atoms with Crippen LogP contribution in [0.4, 0.5) is 0 Å². The number of carbonyl (C=O) groups is 1. The summed E-state index contributed by atoms with van der Waals surface area (Å²) in [5, 5.41) is 13.2. The molecule has 4 heteroatoms. The topological polar surface area (TPSA) is 52.6 Å². The lowest BCUT2D eigenvalue weighted by atomic mass is 9.77. The molecule has 2 aliphatic rings. The fourth-order valence-electron chi connectivity index (χ4n) is 3.42. The summed E-state index contributed by atoms with van der Waals surface area (Å²) in [5.41, 5.74) is 0.276. The first-order chi connectivity index (χ1) is 12.1. The number of aliphatic hydroxyl groups is 1. The fraction of sp³-hybridized carbons (Fsp3) is 0.667. The minimum absolute atomic E-state index is 0.0220. The van der Waals surface area contributed by atoms with Crippen molar-refractivity contribution in [2.24, 2.45) is 5.41 Å². The van der Waals surface area contributed by atoms with Gasteiger partial charge in [0.1, 0.15) is 0 Å². The highest BCUT2D eigenvalue weighted by molar-refractivity contribution is 5.75. The summed E-state index contributed by atoms with van der Waals surface area (Å²) >= 11 is 0. The van der Waals surface area contributed by atoms with Gasteiger partial charge in [0.2, 0.25) is 5.91 Å². The van der Waals surface area contributed by atoms with Gasteiger partial charge in [-0.15, -0.1) is 0 Å². The average Bonchev–Trinajstić information content (AvgIpc) is 3.15. The Kier molecular flexibility index (Phi) is 10.4. The molecule has 142 valence electrons. The highest BCUT2D eigenvalue weighted by Crippen LogP contribution is 2.42. The third-order valence-corrected chi connectivity index (χ3v) is 5.25. The lowest BCUT2D eigenvalue weighted by Crippen LogP contribution is -2.48. The molecule has 0 bridgehead atoms. The van der Waals surface area contributed by atoms with Crippen LogP contribution in [-0.4, -0.2) is 48.7 Å². The number of rotatable bonds is 2. The Morgan fingerprint density at radius 1 is 1.12 bits per heavy atom. The minimum Gasteiger partial charge on any atom is -0.392 e. The molecule has 2 N–H and O–H groups in total. The summed E-state index contributed by atoms with van der Waals surface area (Å²) in [6.45, 7) is 6.70. The number of hydrogen-bond donors (Lipinski definition) is 2. The van der Waals surface area contributed by atoms with Crippen LogP contribution in [0.15, 0.2) is 36.4 Å². The standard InChI is InChI=1S/C9H17NO.C6H13NO.C6H6/c11-8-3-6-10-7-9(8)4-1-2-5-9;1-4-6(8)7(3)5-2;1-2-4-6-5-3-1/h8,10-11H,1-7H2;4-5H2,1-3H3;1-6H. The number of amides is 1. The van der Waals surface area contributed by atoms with Crippen LogP contribution >= 0.6 is 0 Å². The van der Waals surface area contributed by atoms with Crippen LogP contribution in [0.3, 0.4) is 0 Å².